The molecule has 1 aliphatic heterocycles. The van der Waals surface area contributed by atoms with Crippen molar-refractivity contribution in [2.24, 2.45) is 0 Å². The van der Waals surface area contributed by atoms with Crippen LogP contribution in [0, 0.1) is 10.1 Å². The lowest BCUT2D eigenvalue weighted by molar-refractivity contribution is -0.385. The fourth-order valence-corrected chi connectivity index (χ4v) is 3.94. The van der Waals surface area contributed by atoms with Gasteiger partial charge in [-0.2, -0.15) is 0 Å². The topological polar surface area (TPSA) is 177 Å². The summed E-state index contributed by atoms with van der Waals surface area (Å²) in [6, 6.07) is 10.1. The van der Waals surface area contributed by atoms with Crippen molar-refractivity contribution in [3.05, 3.63) is 87.0 Å². The van der Waals surface area contributed by atoms with Gasteiger partial charge >= 0.3 is 23.7 Å². The van der Waals surface area contributed by atoms with Crippen LogP contribution in [0.25, 0.3) is 6.08 Å². The zero-order chi connectivity index (χ0) is 30.4. The van der Waals surface area contributed by atoms with Gasteiger partial charge in [0.1, 0.15) is 11.5 Å². The Morgan fingerprint density at radius 2 is 1.76 bits per heavy atom. The predicted octanol–water partition coefficient (Wildman–Crippen LogP) is 4.08. The first-order chi connectivity index (χ1) is 20.2. The molecule has 1 fully saturated rings. The second-order valence-electron chi connectivity index (χ2n) is 8.51. The summed E-state index contributed by atoms with van der Waals surface area (Å²) in [5.41, 5.74) is -0.782. The summed E-state index contributed by atoms with van der Waals surface area (Å²) >= 11 is 0. The Bertz CT molecular complexity index is 1590. The Morgan fingerprint density at radius 3 is 2.45 bits per heavy atom. The number of rotatable bonds is 11. The van der Waals surface area contributed by atoms with Gasteiger partial charge in [0.2, 0.25) is 11.5 Å². The maximum Gasteiger partial charge on any atom is 0.373 e. The summed E-state index contributed by atoms with van der Waals surface area (Å²) in [5.74, 6) is -2.18. The van der Waals surface area contributed by atoms with Gasteiger partial charge in [0.25, 0.3) is 5.91 Å². The number of nitrogens with one attached hydrogen (secondary N) is 1. The average molecular weight is 580 g/mol. The van der Waals surface area contributed by atoms with Crippen LogP contribution in [0.2, 0.25) is 0 Å². The van der Waals surface area contributed by atoms with Crippen LogP contribution in [0.3, 0.4) is 0 Å². The molecule has 218 valence electrons. The zero-order valence-electron chi connectivity index (χ0n) is 22.7. The summed E-state index contributed by atoms with van der Waals surface area (Å²) in [6.45, 7) is 3.89. The van der Waals surface area contributed by atoms with Crippen molar-refractivity contribution < 1.29 is 47.5 Å². The van der Waals surface area contributed by atoms with Gasteiger partial charge in [0, 0.05) is 11.6 Å². The van der Waals surface area contributed by atoms with E-state index in [2.05, 4.69) is 10.1 Å². The molecular weight excluding hydrogens is 554 g/mol. The van der Waals surface area contributed by atoms with Gasteiger partial charge in [-0.15, -0.1) is 0 Å². The van der Waals surface area contributed by atoms with Crippen molar-refractivity contribution in [2.75, 3.05) is 20.3 Å². The number of nitrogens with zero attached hydrogens (tertiary/aromatic N) is 2. The van der Waals surface area contributed by atoms with E-state index in [1.807, 2.05) is 0 Å². The first kappa shape index (κ1) is 29.3. The molecule has 0 aliphatic carbocycles. The number of methoxy groups -OCH3 is 1. The van der Waals surface area contributed by atoms with Gasteiger partial charge < -0.3 is 28.7 Å². The van der Waals surface area contributed by atoms with Crippen LogP contribution in [0.4, 0.5) is 10.5 Å². The molecule has 4 rings (SSSR count). The number of carbonyl (C=O) groups excluding carboxylic acids is 4. The fraction of sp³-hybridized carbons (Fsp3) is 0.214. The minimum absolute atomic E-state index is 0.0232. The summed E-state index contributed by atoms with van der Waals surface area (Å²) in [7, 11) is 1.18. The number of esters is 2. The molecule has 1 N–H and O–H groups in total. The summed E-state index contributed by atoms with van der Waals surface area (Å²) in [6.07, 6.45) is 1.15. The second kappa shape index (κ2) is 12.7. The number of hydrogen-bond acceptors (Lipinski definition) is 11. The van der Waals surface area contributed by atoms with Gasteiger partial charge in [-0.05, 0) is 50.3 Å². The molecule has 0 unspecified atom stereocenters. The van der Waals surface area contributed by atoms with Crippen LogP contribution in [0.1, 0.15) is 46.1 Å². The van der Waals surface area contributed by atoms with Gasteiger partial charge in [-0.1, -0.05) is 12.1 Å². The third-order valence-corrected chi connectivity index (χ3v) is 5.82. The summed E-state index contributed by atoms with van der Waals surface area (Å²) < 4.78 is 26.4. The average Bonchev–Trinajstić information content (AvgIpc) is 3.54. The summed E-state index contributed by atoms with van der Waals surface area (Å²) in [4.78, 5) is 62.2. The molecule has 42 heavy (non-hydrogen) atoms. The highest BCUT2D eigenvalue weighted by Gasteiger charge is 2.35. The number of benzene rings is 2. The number of amides is 3. The van der Waals surface area contributed by atoms with Crippen molar-refractivity contribution in [3.63, 3.8) is 0 Å². The number of carbonyl (C=O) groups is 4. The molecule has 2 heterocycles. The predicted molar refractivity (Wildman–Crippen MR) is 144 cm³/mol. The number of nitro groups is 1. The number of furan rings is 1. The van der Waals surface area contributed by atoms with Crippen LogP contribution < -0.4 is 19.5 Å². The number of para-hydroxylation sites is 1. The SMILES string of the molecule is CCOc1ccc(C(=O)Oc2c(/C=C3\NC(=O)N(Cc4ccc(C(=O)OC)o4)C3=O)cccc2[N+](=O)[O-])cc1OCC. The number of nitro benzene ring substituents is 1. The first-order valence-electron chi connectivity index (χ1n) is 12.6. The van der Waals surface area contributed by atoms with E-state index in [1.54, 1.807) is 13.8 Å². The summed E-state index contributed by atoms with van der Waals surface area (Å²) in [5, 5.41) is 14.2. The molecule has 3 aromatic rings. The lowest BCUT2D eigenvalue weighted by atomic mass is 10.1. The molecule has 2 aromatic carbocycles. The Labute approximate surface area is 238 Å². The Morgan fingerprint density at radius 1 is 1.02 bits per heavy atom. The highest BCUT2D eigenvalue weighted by molar-refractivity contribution is 6.14. The Balaban J connectivity index is 1.63. The lowest BCUT2D eigenvalue weighted by Gasteiger charge is -2.13. The molecule has 0 radical (unpaired) electrons. The number of imide groups is 1. The number of urea groups is 1. The maximum atomic E-state index is 13.1. The van der Waals surface area contributed by atoms with Crippen LogP contribution >= 0.6 is 0 Å². The van der Waals surface area contributed by atoms with Crippen LogP contribution in [-0.4, -0.2) is 54.0 Å². The van der Waals surface area contributed by atoms with E-state index in [0.29, 0.717) is 19.0 Å². The Kier molecular flexibility index (Phi) is 8.85. The largest absolute Gasteiger partial charge is 0.490 e. The minimum atomic E-state index is -0.935. The van der Waals surface area contributed by atoms with Crippen molar-refractivity contribution >= 4 is 35.6 Å². The van der Waals surface area contributed by atoms with Crippen molar-refractivity contribution in [3.8, 4) is 17.2 Å². The molecule has 14 heteroatoms. The molecule has 0 saturated carbocycles. The van der Waals surface area contributed by atoms with E-state index in [0.717, 1.165) is 17.0 Å². The number of hydrogen-bond donors (Lipinski definition) is 1. The molecule has 1 aromatic heterocycles. The van der Waals surface area contributed by atoms with Gasteiger partial charge in [-0.3, -0.25) is 19.8 Å². The number of ether oxygens (including phenoxy) is 4. The lowest BCUT2D eigenvalue weighted by Crippen LogP contribution is -2.30. The normalized spacial score (nSPS) is 13.6. The van der Waals surface area contributed by atoms with E-state index in [1.165, 1.54) is 49.6 Å². The van der Waals surface area contributed by atoms with Gasteiger partial charge in [0.15, 0.2) is 11.5 Å². The van der Waals surface area contributed by atoms with Crippen LogP contribution in [0.15, 0.2) is 58.6 Å². The fourth-order valence-electron chi connectivity index (χ4n) is 3.94. The second-order valence-corrected chi connectivity index (χ2v) is 8.51. The van der Waals surface area contributed by atoms with E-state index in [4.69, 9.17) is 18.6 Å². The zero-order valence-corrected chi connectivity index (χ0v) is 22.7. The standard InChI is InChI=1S/C28H25N3O11/c1-4-39-21-11-9-17(14-23(21)40-5-2)26(33)42-24-16(7-6-8-20(24)31(36)37)13-19-25(32)30(28(35)29-19)15-18-10-12-22(41-18)27(34)38-3/h6-14H,4-5,15H2,1-3H3,(H,29,35)/b19-13-. The quantitative estimate of drug-likeness (QED) is 0.0864. The maximum absolute atomic E-state index is 13.1. The highest BCUT2D eigenvalue weighted by atomic mass is 16.6. The van der Waals surface area contributed by atoms with E-state index < -0.39 is 40.2 Å². The molecular formula is C28H25N3O11. The molecule has 3 amide bonds. The Hall–Kier alpha value is -5.66. The van der Waals surface area contributed by atoms with E-state index >= 15 is 0 Å². The molecule has 1 aliphatic rings. The third-order valence-electron chi connectivity index (χ3n) is 5.82. The van der Waals surface area contributed by atoms with Crippen molar-refractivity contribution in [1.82, 2.24) is 10.2 Å². The van der Waals surface area contributed by atoms with Crippen LogP contribution in [0.5, 0.6) is 17.2 Å². The molecule has 0 bridgehead atoms. The molecule has 1 saturated heterocycles. The first-order valence-corrected chi connectivity index (χ1v) is 12.6. The smallest absolute Gasteiger partial charge is 0.373 e. The van der Waals surface area contributed by atoms with E-state index in [9.17, 15) is 29.3 Å². The van der Waals surface area contributed by atoms with Gasteiger partial charge in [-0.25, -0.2) is 14.4 Å². The molecule has 14 nitrogen and oxygen atoms in total. The van der Waals surface area contributed by atoms with E-state index in [-0.39, 0.29) is 40.6 Å². The minimum Gasteiger partial charge on any atom is -0.490 e. The monoisotopic (exact) mass is 579 g/mol. The van der Waals surface area contributed by atoms with Gasteiger partial charge in [0.05, 0.1) is 37.4 Å². The third kappa shape index (κ3) is 6.22. The molecule has 0 atom stereocenters. The van der Waals surface area contributed by atoms with Crippen LogP contribution in [-0.2, 0) is 16.1 Å². The van der Waals surface area contributed by atoms with Crippen molar-refractivity contribution in [1.29, 1.82) is 0 Å². The highest BCUT2D eigenvalue weighted by Crippen LogP contribution is 2.35. The van der Waals surface area contributed by atoms with Crippen molar-refractivity contribution in [2.45, 2.75) is 20.4 Å². The molecule has 0 spiro atoms.